The van der Waals surface area contributed by atoms with Crippen LogP contribution >= 0.6 is 0 Å². The van der Waals surface area contributed by atoms with Crippen molar-refractivity contribution in [3.8, 4) is 6.07 Å². The van der Waals surface area contributed by atoms with Gasteiger partial charge in [-0.2, -0.15) is 5.26 Å². The lowest BCUT2D eigenvalue weighted by atomic mass is 10.1. The minimum atomic E-state index is -3.88. The van der Waals surface area contributed by atoms with Gasteiger partial charge in [-0.15, -0.1) is 0 Å². The Morgan fingerprint density at radius 3 is 2.32 bits per heavy atom. The Morgan fingerprint density at radius 1 is 1.12 bits per heavy atom. The molecule has 0 atom stereocenters. The van der Waals surface area contributed by atoms with Gasteiger partial charge in [0.25, 0.3) is 11.6 Å². The number of hydrogen-bond donors (Lipinski definition) is 2. The molecule has 172 valence electrons. The van der Waals surface area contributed by atoms with Gasteiger partial charge in [0.2, 0.25) is 10.0 Å². The molecule has 0 aromatic heterocycles. The number of hydrogen-bond acceptors (Lipinski definition) is 7. The maximum atomic E-state index is 12.5. The number of nitro benzene ring substituents is 1. The van der Waals surface area contributed by atoms with Crippen LogP contribution in [0.25, 0.3) is 6.08 Å². The third-order valence-corrected chi connectivity index (χ3v) is 5.75. The van der Waals surface area contributed by atoms with Crippen LogP contribution in [0.2, 0.25) is 0 Å². The van der Waals surface area contributed by atoms with E-state index < -0.39 is 20.9 Å². The summed E-state index contributed by atoms with van der Waals surface area (Å²) in [6.45, 7) is 0. The molecule has 10 nitrogen and oxygen atoms in total. The molecule has 3 N–H and O–H groups in total. The highest BCUT2D eigenvalue weighted by Crippen LogP contribution is 2.33. The standard InChI is InChI=1S/C23H19N5O5S/c1-27(19-5-3-2-4-6-19)21-12-7-16(14-22(21)28(30)31)13-17(15-24)23(29)26-18-8-10-20(11-9-18)34(25,32)33/h2-14H,1H3,(H,26,29)(H2,25,32,33)/b17-13+. The van der Waals surface area contributed by atoms with Gasteiger partial charge in [-0.25, -0.2) is 13.6 Å². The fraction of sp³-hybridized carbons (Fsp3) is 0.0435. The Kier molecular flexibility index (Phi) is 7.06. The van der Waals surface area contributed by atoms with Crippen LogP contribution in [0.3, 0.4) is 0 Å². The Morgan fingerprint density at radius 2 is 1.76 bits per heavy atom. The summed E-state index contributed by atoms with van der Waals surface area (Å²) in [4.78, 5) is 25.2. The van der Waals surface area contributed by atoms with Gasteiger partial charge in [0.15, 0.2) is 0 Å². The molecule has 0 heterocycles. The zero-order chi connectivity index (χ0) is 24.9. The first-order chi connectivity index (χ1) is 16.1. The number of nitrogens with two attached hydrogens (primary N) is 1. The van der Waals surface area contributed by atoms with Crippen LogP contribution in [0.15, 0.2) is 83.3 Å². The maximum absolute atomic E-state index is 12.5. The highest BCUT2D eigenvalue weighted by Gasteiger charge is 2.19. The van der Waals surface area contributed by atoms with Crippen LogP contribution in [-0.4, -0.2) is 26.3 Å². The second-order valence-corrected chi connectivity index (χ2v) is 8.65. The second kappa shape index (κ2) is 9.95. The van der Waals surface area contributed by atoms with Crippen molar-refractivity contribution in [2.45, 2.75) is 4.90 Å². The van der Waals surface area contributed by atoms with E-state index in [9.17, 15) is 28.6 Å². The fourth-order valence-corrected chi connectivity index (χ4v) is 3.61. The molecule has 0 aliphatic rings. The predicted molar refractivity (Wildman–Crippen MR) is 128 cm³/mol. The molecule has 0 bridgehead atoms. The number of nitrogens with one attached hydrogen (secondary N) is 1. The number of primary sulfonamides is 1. The lowest BCUT2D eigenvalue weighted by Crippen LogP contribution is -2.15. The number of carbonyl (C=O) groups excluding carboxylic acids is 1. The number of nitriles is 1. The van der Waals surface area contributed by atoms with E-state index in [2.05, 4.69) is 5.32 Å². The molecule has 0 aliphatic carbocycles. The molecule has 0 fully saturated rings. The first-order valence-corrected chi connectivity index (χ1v) is 11.3. The van der Waals surface area contributed by atoms with Crippen LogP contribution in [-0.2, 0) is 14.8 Å². The first kappa shape index (κ1) is 24.1. The van der Waals surface area contributed by atoms with E-state index in [1.165, 1.54) is 42.5 Å². The van der Waals surface area contributed by atoms with E-state index in [0.717, 1.165) is 5.69 Å². The molecular weight excluding hydrogens is 458 g/mol. The molecule has 11 heteroatoms. The molecule has 0 spiro atoms. The lowest BCUT2D eigenvalue weighted by molar-refractivity contribution is -0.384. The van der Waals surface area contributed by atoms with Crippen molar-refractivity contribution in [1.29, 1.82) is 5.26 Å². The van der Waals surface area contributed by atoms with E-state index in [4.69, 9.17) is 5.14 Å². The van der Waals surface area contributed by atoms with E-state index in [0.29, 0.717) is 5.69 Å². The van der Waals surface area contributed by atoms with Crippen molar-refractivity contribution in [3.05, 3.63) is 94.0 Å². The topological polar surface area (TPSA) is 159 Å². The average Bonchev–Trinajstić information content (AvgIpc) is 2.82. The Balaban J connectivity index is 1.88. The van der Waals surface area contributed by atoms with Crippen LogP contribution in [0.1, 0.15) is 5.56 Å². The molecular formula is C23H19N5O5S. The monoisotopic (exact) mass is 477 g/mol. The summed E-state index contributed by atoms with van der Waals surface area (Å²) >= 11 is 0. The summed E-state index contributed by atoms with van der Waals surface area (Å²) in [6.07, 6.45) is 1.23. The van der Waals surface area contributed by atoms with Gasteiger partial charge in [-0.05, 0) is 54.1 Å². The Bertz CT molecular complexity index is 1410. The number of rotatable bonds is 7. The molecule has 3 aromatic carbocycles. The van der Waals surface area contributed by atoms with Crippen molar-refractivity contribution >= 4 is 44.8 Å². The van der Waals surface area contributed by atoms with E-state index in [1.54, 1.807) is 24.1 Å². The molecule has 0 radical (unpaired) electrons. The molecule has 34 heavy (non-hydrogen) atoms. The second-order valence-electron chi connectivity index (χ2n) is 7.09. The normalized spacial score (nSPS) is 11.4. The summed E-state index contributed by atoms with van der Waals surface area (Å²) < 4.78 is 22.7. The Hall–Kier alpha value is -4.53. The number of carbonyl (C=O) groups is 1. The summed E-state index contributed by atoms with van der Waals surface area (Å²) in [6, 6.07) is 20.3. The quantitative estimate of drug-likeness (QED) is 0.228. The van der Waals surface area contributed by atoms with Gasteiger partial charge in [0.05, 0.1) is 9.82 Å². The maximum Gasteiger partial charge on any atom is 0.293 e. The number of sulfonamides is 1. The predicted octanol–water partition coefficient (Wildman–Crippen LogP) is 3.56. The highest BCUT2D eigenvalue weighted by atomic mass is 32.2. The minimum Gasteiger partial charge on any atom is -0.339 e. The number of amides is 1. The Labute approximate surface area is 195 Å². The van der Waals surface area contributed by atoms with Crippen LogP contribution < -0.4 is 15.4 Å². The van der Waals surface area contributed by atoms with E-state index >= 15 is 0 Å². The SMILES string of the molecule is CN(c1ccccc1)c1ccc(/C=C(\C#N)C(=O)Nc2ccc(S(N)(=O)=O)cc2)cc1[N+](=O)[O-]. The third-order valence-electron chi connectivity index (χ3n) is 4.82. The van der Waals surface area contributed by atoms with Crippen molar-refractivity contribution in [2.75, 3.05) is 17.3 Å². The van der Waals surface area contributed by atoms with Gasteiger partial charge in [0.1, 0.15) is 17.3 Å². The summed E-state index contributed by atoms with van der Waals surface area (Å²) in [5.41, 5.74) is 1.12. The van der Waals surface area contributed by atoms with E-state index in [1.807, 2.05) is 30.3 Å². The van der Waals surface area contributed by atoms with Gasteiger partial charge in [0, 0.05) is 24.5 Å². The van der Waals surface area contributed by atoms with Crippen LogP contribution in [0, 0.1) is 21.4 Å². The van der Waals surface area contributed by atoms with Gasteiger partial charge in [-0.1, -0.05) is 24.3 Å². The highest BCUT2D eigenvalue weighted by molar-refractivity contribution is 7.89. The van der Waals surface area contributed by atoms with E-state index in [-0.39, 0.29) is 27.4 Å². The largest absolute Gasteiger partial charge is 0.339 e. The summed E-state index contributed by atoms with van der Waals surface area (Å²) in [5, 5.41) is 28.7. The summed E-state index contributed by atoms with van der Waals surface area (Å²) in [7, 11) is -2.19. The molecule has 3 aromatic rings. The number of anilines is 3. The zero-order valence-corrected chi connectivity index (χ0v) is 18.7. The number of nitrogens with zero attached hydrogens (tertiary/aromatic N) is 3. The lowest BCUT2D eigenvalue weighted by Gasteiger charge is -2.19. The zero-order valence-electron chi connectivity index (χ0n) is 17.9. The van der Waals surface area contributed by atoms with Gasteiger partial charge >= 0.3 is 0 Å². The van der Waals surface area contributed by atoms with Crippen molar-refractivity contribution in [3.63, 3.8) is 0 Å². The van der Waals surface area contributed by atoms with Gasteiger partial charge < -0.3 is 10.2 Å². The van der Waals surface area contributed by atoms with Crippen LogP contribution in [0.5, 0.6) is 0 Å². The molecule has 0 saturated carbocycles. The molecule has 0 saturated heterocycles. The van der Waals surface area contributed by atoms with Crippen LogP contribution in [0.4, 0.5) is 22.7 Å². The average molecular weight is 478 g/mol. The minimum absolute atomic E-state index is 0.130. The molecule has 1 amide bonds. The first-order valence-electron chi connectivity index (χ1n) is 9.73. The van der Waals surface area contributed by atoms with Crippen molar-refractivity contribution < 1.29 is 18.1 Å². The molecule has 0 unspecified atom stereocenters. The van der Waals surface area contributed by atoms with Crippen molar-refractivity contribution in [2.24, 2.45) is 5.14 Å². The third kappa shape index (κ3) is 5.63. The summed E-state index contributed by atoms with van der Waals surface area (Å²) in [5.74, 6) is -0.765. The smallest absolute Gasteiger partial charge is 0.293 e. The molecule has 3 rings (SSSR count). The number of para-hydroxylation sites is 1. The number of nitro groups is 1. The number of benzene rings is 3. The van der Waals surface area contributed by atoms with Gasteiger partial charge in [-0.3, -0.25) is 14.9 Å². The molecule has 0 aliphatic heterocycles. The fourth-order valence-electron chi connectivity index (χ4n) is 3.09. The van der Waals surface area contributed by atoms with Crippen molar-refractivity contribution in [1.82, 2.24) is 0 Å².